The Kier molecular flexibility index (Phi) is 8.55. The smallest absolute Gasteiger partial charge is 0.229 e. The minimum absolute atomic E-state index is 0.153. The molecule has 0 aromatic heterocycles. The molecule has 0 spiro atoms. The molecule has 13 heteroatoms. The first kappa shape index (κ1) is 25.7. The van der Waals surface area contributed by atoms with Crippen LogP contribution in [0.5, 0.6) is 23.0 Å². The molecule has 0 radical (unpaired) electrons. The summed E-state index contributed by atoms with van der Waals surface area (Å²) in [5.74, 6) is 1.03. The molecule has 188 valence electrons. The van der Waals surface area contributed by atoms with Crippen LogP contribution >= 0.6 is 0 Å². The maximum Gasteiger partial charge on any atom is 0.229 e. The minimum atomic E-state index is -1.65. The van der Waals surface area contributed by atoms with Gasteiger partial charge in [-0.05, 0) is 0 Å². The lowest BCUT2D eigenvalue weighted by atomic mass is 9.99. The van der Waals surface area contributed by atoms with E-state index in [2.05, 4.69) is 0 Å². The fraction of sp³-hybridized carbons (Fsp3) is 0.700. The van der Waals surface area contributed by atoms with Crippen LogP contribution in [-0.2, 0) is 14.2 Å². The Bertz CT molecular complexity index is 751. The molecule has 2 aliphatic rings. The molecule has 2 aliphatic heterocycles. The van der Waals surface area contributed by atoms with Crippen molar-refractivity contribution in [1.82, 2.24) is 0 Å². The minimum Gasteiger partial charge on any atom is -0.493 e. The number of hydrogen-bond acceptors (Lipinski definition) is 13. The summed E-state index contributed by atoms with van der Waals surface area (Å²) in [7, 11) is 4.26. The van der Waals surface area contributed by atoms with E-state index in [1.54, 1.807) is 0 Å². The summed E-state index contributed by atoms with van der Waals surface area (Å²) in [5, 5.41) is 59.9. The molecule has 0 bridgehead atoms. The van der Waals surface area contributed by atoms with E-state index >= 15 is 0 Å². The Balaban J connectivity index is 1.71. The summed E-state index contributed by atoms with van der Waals surface area (Å²) in [5.41, 5.74) is 0. The average Bonchev–Trinajstić information content (AvgIpc) is 3.10. The summed E-state index contributed by atoms with van der Waals surface area (Å²) < 4.78 is 37.6. The molecular weight excluding hydrogens is 448 g/mol. The first-order valence-corrected chi connectivity index (χ1v) is 10.2. The third-order valence-corrected chi connectivity index (χ3v) is 5.48. The van der Waals surface area contributed by atoms with Gasteiger partial charge in [-0.1, -0.05) is 0 Å². The van der Waals surface area contributed by atoms with E-state index in [9.17, 15) is 25.5 Å². The third-order valence-electron chi connectivity index (χ3n) is 5.48. The zero-order valence-corrected chi connectivity index (χ0v) is 18.3. The lowest BCUT2D eigenvalue weighted by Gasteiger charge is -2.40. The maximum atomic E-state index is 10.4. The molecular formula is C20H30O13. The molecule has 9 atom stereocenters. The average molecular weight is 478 g/mol. The van der Waals surface area contributed by atoms with Gasteiger partial charge >= 0.3 is 0 Å². The summed E-state index contributed by atoms with van der Waals surface area (Å²) in [4.78, 5) is 0. The molecule has 6 N–H and O–H groups in total. The Morgan fingerprint density at radius 3 is 1.79 bits per heavy atom. The molecule has 33 heavy (non-hydrogen) atoms. The number of aliphatic hydroxyl groups is 6. The Morgan fingerprint density at radius 1 is 0.727 bits per heavy atom. The Labute approximate surface area is 189 Å². The standard InChI is InChI=1S/C20H30O13/c1-27-9-4-8(5-10(28-2)18(9)29-3)31-20-17(26)15(24)14(23)12(33-20)7-30-19-16(25)13(22)11(6-21)32-19/h4-5,11-17,19-26H,6-7H2,1-3H3. The monoisotopic (exact) mass is 478 g/mol. The Morgan fingerprint density at radius 2 is 1.27 bits per heavy atom. The highest BCUT2D eigenvalue weighted by atomic mass is 16.7. The predicted octanol–water partition coefficient (Wildman–Crippen LogP) is -2.65. The van der Waals surface area contributed by atoms with Crippen LogP contribution in [0, 0.1) is 0 Å². The van der Waals surface area contributed by atoms with Gasteiger partial charge in [0.1, 0.15) is 48.5 Å². The number of benzene rings is 1. The van der Waals surface area contributed by atoms with Crippen molar-refractivity contribution in [2.24, 2.45) is 0 Å². The molecule has 2 fully saturated rings. The van der Waals surface area contributed by atoms with Crippen LogP contribution in [0.25, 0.3) is 0 Å². The summed E-state index contributed by atoms with van der Waals surface area (Å²) in [6.07, 6.45) is -12.6. The van der Waals surface area contributed by atoms with Crippen LogP contribution in [0.4, 0.5) is 0 Å². The quantitative estimate of drug-likeness (QED) is 0.216. The van der Waals surface area contributed by atoms with E-state index in [1.807, 2.05) is 0 Å². The van der Waals surface area contributed by atoms with E-state index in [1.165, 1.54) is 33.5 Å². The first-order valence-electron chi connectivity index (χ1n) is 10.2. The van der Waals surface area contributed by atoms with Gasteiger partial charge in [0, 0.05) is 12.1 Å². The van der Waals surface area contributed by atoms with E-state index < -0.39 is 68.5 Å². The number of aliphatic hydroxyl groups excluding tert-OH is 6. The molecule has 9 unspecified atom stereocenters. The van der Waals surface area contributed by atoms with Gasteiger partial charge in [0.2, 0.25) is 12.0 Å². The molecule has 0 aliphatic carbocycles. The first-order chi connectivity index (χ1) is 15.7. The molecule has 0 saturated carbocycles. The lowest BCUT2D eigenvalue weighted by molar-refractivity contribution is -0.290. The SMILES string of the molecule is COc1cc(OC2OC(COC3OC(CO)C(O)C3O)C(O)C(O)C2O)cc(OC)c1OC. The maximum absolute atomic E-state index is 10.4. The van der Waals surface area contributed by atoms with E-state index in [0.717, 1.165) is 0 Å². The third kappa shape index (κ3) is 5.26. The fourth-order valence-corrected chi connectivity index (χ4v) is 3.60. The van der Waals surface area contributed by atoms with Gasteiger partial charge in [-0.2, -0.15) is 0 Å². The largest absolute Gasteiger partial charge is 0.493 e. The second kappa shape index (κ2) is 11.0. The highest BCUT2D eigenvalue weighted by Crippen LogP contribution is 2.41. The zero-order chi connectivity index (χ0) is 24.3. The predicted molar refractivity (Wildman–Crippen MR) is 107 cm³/mol. The number of hydrogen-bond donors (Lipinski definition) is 6. The fourth-order valence-electron chi connectivity index (χ4n) is 3.60. The molecule has 2 saturated heterocycles. The van der Waals surface area contributed by atoms with Crippen molar-refractivity contribution in [3.8, 4) is 23.0 Å². The van der Waals surface area contributed by atoms with Gasteiger partial charge in [0.05, 0.1) is 34.5 Å². The van der Waals surface area contributed by atoms with E-state index in [0.29, 0.717) is 5.75 Å². The van der Waals surface area contributed by atoms with Gasteiger partial charge in [-0.3, -0.25) is 0 Å². The summed E-state index contributed by atoms with van der Waals surface area (Å²) in [6, 6.07) is 2.92. The highest BCUT2D eigenvalue weighted by Gasteiger charge is 2.47. The lowest BCUT2D eigenvalue weighted by Crippen LogP contribution is -2.60. The van der Waals surface area contributed by atoms with Crippen LogP contribution < -0.4 is 18.9 Å². The Hall–Kier alpha value is -1.94. The number of ether oxygens (including phenoxy) is 7. The van der Waals surface area contributed by atoms with Gasteiger partial charge < -0.3 is 63.8 Å². The van der Waals surface area contributed by atoms with Gasteiger partial charge in [-0.25, -0.2) is 0 Å². The van der Waals surface area contributed by atoms with Crippen LogP contribution in [0.1, 0.15) is 0 Å². The van der Waals surface area contributed by atoms with Crippen molar-refractivity contribution < 1.29 is 63.8 Å². The summed E-state index contributed by atoms with van der Waals surface area (Å²) >= 11 is 0. The molecule has 2 heterocycles. The van der Waals surface area contributed by atoms with Crippen LogP contribution in [-0.4, -0.2) is 120 Å². The van der Waals surface area contributed by atoms with Gasteiger partial charge in [-0.15, -0.1) is 0 Å². The normalized spacial score (nSPS) is 36.5. The molecule has 3 rings (SSSR count). The van der Waals surface area contributed by atoms with Crippen molar-refractivity contribution in [3.05, 3.63) is 12.1 Å². The van der Waals surface area contributed by atoms with Crippen LogP contribution in [0.3, 0.4) is 0 Å². The topological polar surface area (TPSA) is 186 Å². The highest BCUT2D eigenvalue weighted by molar-refractivity contribution is 5.55. The van der Waals surface area contributed by atoms with Crippen molar-refractivity contribution in [3.63, 3.8) is 0 Å². The van der Waals surface area contributed by atoms with Crippen molar-refractivity contribution in [2.45, 2.75) is 55.3 Å². The van der Waals surface area contributed by atoms with E-state index in [-0.39, 0.29) is 17.2 Å². The summed E-state index contributed by atoms with van der Waals surface area (Å²) in [6.45, 7) is -0.928. The molecule has 1 aromatic carbocycles. The van der Waals surface area contributed by atoms with E-state index in [4.69, 9.17) is 38.3 Å². The molecule has 0 amide bonds. The molecule has 1 aromatic rings. The van der Waals surface area contributed by atoms with Crippen LogP contribution in [0.15, 0.2) is 12.1 Å². The second-order valence-corrected chi connectivity index (χ2v) is 7.53. The molecule has 13 nitrogen and oxygen atoms in total. The van der Waals surface area contributed by atoms with Crippen molar-refractivity contribution in [1.29, 1.82) is 0 Å². The number of methoxy groups -OCH3 is 3. The van der Waals surface area contributed by atoms with Gasteiger partial charge in [0.25, 0.3) is 0 Å². The van der Waals surface area contributed by atoms with Gasteiger partial charge in [0.15, 0.2) is 17.8 Å². The van der Waals surface area contributed by atoms with Crippen LogP contribution in [0.2, 0.25) is 0 Å². The second-order valence-electron chi connectivity index (χ2n) is 7.53. The zero-order valence-electron chi connectivity index (χ0n) is 18.3. The number of rotatable bonds is 9. The van der Waals surface area contributed by atoms with Crippen molar-refractivity contribution in [2.75, 3.05) is 34.5 Å². The van der Waals surface area contributed by atoms with Crippen molar-refractivity contribution >= 4 is 0 Å².